The molecule has 92 valence electrons. The third-order valence-electron chi connectivity index (χ3n) is 3.33. The van der Waals surface area contributed by atoms with Crippen LogP contribution in [-0.4, -0.2) is 7.11 Å². The Labute approximate surface area is 105 Å². The van der Waals surface area contributed by atoms with Crippen molar-refractivity contribution in [2.24, 2.45) is 0 Å². The van der Waals surface area contributed by atoms with Crippen molar-refractivity contribution in [1.82, 2.24) is 5.32 Å². The lowest BCUT2D eigenvalue weighted by molar-refractivity contribution is 0.387. The Bertz CT molecular complexity index is 595. The van der Waals surface area contributed by atoms with Crippen LogP contribution in [-0.2, 0) is 13.1 Å². The molecule has 1 heterocycles. The molecule has 0 amide bonds. The maximum atomic E-state index is 14.2. The summed E-state index contributed by atoms with van der Waals surface area (Å²) in [6, 6.07) is 11.3. The third-order valence-corrected chi connectivity index (χ3v) is 3.33. The van der Waals surface area contributed by atoms with Gasteiger partial charge in [-0.25, -0.2) is 4.39 Å². The fourth-order valence-corrected chi connectivity index (χ4v) is 2.35. The number of ether oxygens (including phenoxy) is 1. The number of hydrogen-bond acceptors (Lipinski definition) is 2. The van der Waals surface area contributed by atoms with Gasteiger partial charge in [0, 0.05) is 18.7 Å². The van der Waals surface area contributed by atoms with Gasteiger partial charge in [-0.3, -0.25) is 0 Å². The maximum Gasteiger partial charge on any atom is 0.172 e. The lowest BCUT2D eigenvalue weighted by Gasteiger charge is -2.09. The Morgan fingerprint density at radius 1 is 1.11 bits per heavy atom. The Morgan fingerprint density at radius 3 is 2.78 bits per heavy atom. The zero-order valence-corrected chi connectivity index (χ0v) is 10.2. The highest BCUT2D eigenvalue weighted by Crippen LogP contribution is 2.31. The summed E-state index contributed by atoms with van der Waals surface area (Å²) >= 11 is 0. The molecule has 0 atom stereocenters. The van der Waals surface area contributed by atoms with Gasteiger partial charge in [0.25, 0.3) is 0 Å². The highest BCUT2D eigenvalue weighted by Gasteiger charge is 2.14. The number of nitrogens with one attached hydrogen (secondary N) is 1. The lowest BCUT2D eigenvalue weighted by atomic mass is 10.00. The van der Waals surface area contributed by atoms with Gasteiger partial charge in [0.2, 0.25) is 0 Å². The highest BCUT2D eigenvalue weighted by atomic mass is 19.1. The van der Waals surface area contributed by atoms with E-state index in [1.54, 1.807) is 12.1 Å². The average molecular weight is 243 g/mol. The van der Waals surface area contributed by atoms with Crippen LogP contribution in [0.4, 0.5) is 4.39 Å². The molecule has 0 aromatic heterocycles. The monoisotopic (exact) mass is 243 g/mol. The van der Waals surface area contributed by atoms with Gasteiger partial charge in [0.1, 0.15) is 0 Å². The molecule has 0 aliphatic carbocycles. The van der Waals surface area contributed by atoms with E-state index >= 15 is 0 Å². The van der Waals surface area contributed by atoms with E-state index in [1.165, 1.54) is 18.2 Å². The van der Waals surface area contributed by atoms with Crippen LogP contribution in [0.25, 0.3) is 11.1 Å². The molecule has 3 rings (SSSR count). The number of halogens is 1. The molecule has 0 fully saturated rings. The molecule has 2 nitrogen and oxygen atoms in total. The van der Waals surface area contributed by atoms with Crippen LogP contribution in [0.5, 0.6) is 5.75 Å². The first-order valence-corrected chi connectivity index (χ1v) is 5.95. The standard InChI is InChI=1S/C15H14FNO/c1-18-14-4-2-3-13(15(14)16)10-5-6-11-8-17-9-12(11)7-10/h2-7,17H,8-9H2,1H3. The molecular formula is C15H14FNO. The van der Waals surface area contributed by atoms with Crippen LogP contribution < -0.4 is 10.1 Å². The first-order valence-electron chi connectivity index (χ1n) is 5.95. The Balaban J connectivity index is 2.10. The van der Waals surface area contributed by atoms with Gasteiger partial charge in [-0.15, -0.1) is 0 Å². The Hall–Kier alpha value is -1.87. The predicted octanol–water partition coefficient (Wildman–Crippen LogP) is 3.10. The van der Waals surface area contributed by atoms with Gasteiger partial charge in [-0.05, 0) is 28.8 Å². The van der Waals surface area contributed by atoms with Crippen molar-refractivity contribution >= 4 is 0 Å². The summed E-state index contributed by atoms with van der Waals surface area (Å²) in [4.78, 5) is 0. The minimum atomic E-state index is -0.300. The topological polar surface area (TPSA) is 21.3 Å². The second kappa shape index (κ2) is 4.42. The van der Waals surface area contributed by atoms with Crippen molar-refractivity contribution < 1.29 is 9.13 Å². The minimum absolute atomic E-state index is 0.283. The van der Waals surface area contributed by atoms with E-state index < -0.39 is 0 Å². The van der Waals surface area contributed by atoms with Gasteiger partial charge < -0.3 is 10.1 Å². The highest BCUT2D eigenvalue weighted by molar-refractivity contribution is 5.67. The first kappa shape index (κ1) is 11.2. The second-order valence-corrected chi connectivity index (χ2v) is 4.41. The summed E-state index contributed by atoms with van der Waals surface area (Å²) in [5, 5.41) is 3.29. The molecule has 1 aliphatic heterocycles. The van der Waals surface area contributed by atoms with Crippen molar-refractivity contribution in [3.05, 3.63) is 53.3 Å². The molecule has 3 heteroatoms. The van der Waals surface area contributed by atoms with E-state index in [1.807, 2.05) is 18.2 Å². The Kier molecular flexibility index (Phi) is 2.76. The zero-order valence-electron chi connectivity index (χ0n) is 10.2. The number of fused-ring (bicyclic) bond motifs is 1. The van der Waals surface area contributed by atoms with Crippen molar-refractivity contribution in [1.29, 1.82) is 0 Å². The van der Waals surface area contributed by atoms with Gasteiger partial charge in [-0.1, -0.05) is 24.3 Å². The SMILES string of the molecule is COc1cccc(-c2ccc3c(c2)CNC3)c1F. The number of rotatable bonds is 2. The predicted molar refractivity (Wildman–Crippen MR) is 68.9 cm³/mol. The molecule has 1 N–H and O–H groups in total. The van der Waals surface area contributed by atoms with Crippen LogP contribution >= 0.6 is 0 Å². The summed E-state index contributed by atoms with van der Waals surface area (Å²) in [7, 11) is 1.48. The summed E-state index contributed by atoms with van der Waals surface area (Å²) in [6.07, 6.45) is 0. The molecular weight excluding hydrogens is 229 g/mol. The fraction of sp³-hybridized carbons (Fsp3) is 0.200. The van der Waals surface area contributed by atoms with E-state index in [0.717, 1.165) is 18.7 Å². The summed E-state index contributed by atoms with van der Waals surface area (Å²) in [5.41, 5.74) is 4.02. The summed E-state index contributed by atoms with van der Waals surface area (Å²) in [5.74, 6) is -0.0166. The molecule has 2 aromatic rings. The van der Waals surface area contributed by atoms with E-state index in [9.17, 15) is 4.39 Å². The smallest absolute Gasteiger partial charge is 0.172 e. The molecule has 0 bridgehead atoms. The number of benzene rings is 2. The van der Waals surface area contributed by atoms with Crippen molar-refractivity contribution in [2.45, 2.75) is 13.1 Å². The normalized spacial score (nSPS) is 13.4. The summed E-state index contributed by atoms with van der Waals surface area (Å²) in [6.45, 7) is 1.75. The molecule has 2 aromatic carbocycles. The maximum absolute atomic E-state index is 14.2. The number of methoxy groups -OCH3 is 1. The second-order valence-electron chi connectivity index (χ2n) is 4.41. The van der Waals surface area contributed by atoms with E-state index in [0.29, 0.717) is 5.56 Å². The zero-order chi connectivity index (χ0) is 12.5. The van der Waals surface area contributed by atoms with Crippen molar-refractivity contribution in [3.8, 4) is 16.9 Å². The van der Waals surface area contributed by atoms with Crippen LogP contribution in [0.1, 0.15) is 11.1 Å². The molecule has 0 spiro atoms. The minimum Gasteiger partial charge on any atom is -0.494 e. The Morgan fingerprint density at radius 2 is 1.94 bits per heavy atom. The molecule has 18 heavy (non-hydrogen) atoms. The van der Waals surface area contributed by atoms with Gasteiger partial charge >= 0.3 is 0 Å². The molecule has 0 saturated heterocycles. The lowest BCUT2D eigenvalue weighted by Crippen LogP contribution is -1.99. The molecule has 1 aliphatic rings. The summed E-state index contributed by atoms with van der Waals surface area (Å²) < 4.78 is 19.2. The molecule has 0 unspecified atom stereocenters. The quantitative estimate of drug-likeness (QED) is 0.875. The first-order chi connectivity index (χ1) is 8.79. The van der Waals surface area contributed by atoms with Gasteiger partial charge in [0.15, 0.2) is 11.6 Å². The van der Waals surface area contributed by atoms with E-state index in [-0.39, 0.29) is 11.6 Å². The molecule has 0 saturated carbocycles. The third kappa shape index (κ3) is 1.77. The number of hydrogen-bond donors (Lipinski definition) is 1. The fourth-order valence-electron chi connectivity index (χ4n) is 2.35. The van der Waals surface area contributed by atoms with Crippen LogP contribution in [0, 0.1) is 5.82 Å². The van der Waals surface area contributed by atoms with E-state index in [4.69, 9.17) is 4.74 Å². The van der Waals surface area contributed by atoms with Crippen LogP contribution in [0.2, 0.25) is 0 Å². The largest absolute Gasteiger partial charge is 0.494 e. The van der Waals surface area contributed by atoms with Gasteiger partial charge in [-0.2, -0.15) is 0 Å². The van der Waals surface area contributed by atoms with Crippen molar-refractivity contribution in [3.63, 3.8) is 0 Å². The van der Waals surface area contributed by atoms with Crippen molar-refractivity contribution in [2.75, 3.05) is 7.11 Å². The average Bonchev–Trinajstić information content (AvgIpc) is 2.86. The van der Waals surface area contributed by atoms with Gasteiger partial charge in [0.05, 0.1) is 7.11 Å². The van der Waals surface area contributed by atoms with Crippen LogP contribution in [0.15, 0.2) is 36.4 Å². The van der Waals surface area contributed by atoms with Crippen LogP contribution in [0.3, 0.4) is 0 Å². The van der Waals surface area contributed by atoms with E-state index in [2.05, 4.69) is 11.4 Å². The molecule has 0 radical (unpaired) electrons.